The lowest BCUT2D eigenvalue weighted by molar-refractivity contribution is -0.384. The molecule has 25 heavy (non-hydrogen) atoms. The van der Waals surface area contributed by atoms with Gasteiger partial charge in [0.1, 0.15) is 11.4 Å². The van der Waals surface area contributed by atoms with Crippen LogP contribution in [0.4, 0.5) is 24.5 Å². The zero-order valence-corrected chi connectivity index (χ0v) is 12.4. The lowest BCUT2D eigenvalue weighted by Crippen LogP contribution is -2.20. The van der Waals surface area contributed by atoms with Crippen LogP contribution in [0.25, 0.3) is 0 Å². The van der Waals surface area contributed by atoms with Gasteiger partial charge in [-0.25, -0.2) is 0 Å². The molecule has 0 bridgehead atoms. The summed E-state index contributed by atoms with van der Waals surface area (Å²) in [4.78, 5) is 22.0. The highest BCUT2D eigenvalue weighted by atomic mass is 19.4. The molecule has 2 aromatic carbocycles. The molecule has 0 amide bonds. The second kappa shape index (κ2) is 7.04. The molecular weight excluding hydrogens is 341 g/mol. The van der Waals surface area contributed by atoms with Crippen LogP contribution < -0.4 is 5.32 Å². The maximum absolute atomic E-state index is 13.1. The summed E-state index contributed by atoms with van der Waals surface area (Å²) in [6.45, 7) is 0. The first-order valence-electron chi connectivity index (χ1n) is 6.81. The van der Waals surface area contributed by atoms with E-state index in [2.05, 4.69) is 5.32 Å². The van der Waals surface area contributed by atoms with Gasteiger partial charge >= 0.3 is 6.18 Å². The van der Waals surface area contributed by atoms with Crippen molar-refractivity contribution >= 4 is 17.2 Å². The van der Waals surface area contributed by atoms with E-state index in [0.29, 0.717) is 6.07 Å². The Morgan fingerprint density at radius 1 is 1.16 bits per heavy atom. The first kappa shape index (κ1) is 18.0. The van der Waals surface area contributed by atoms with Crippen LogP contribution >= 0.6 is 0 Å². The van der Waals surface area contributed by atoms with Crippen molar-refractivity contribution < 1.29 is 28.0 Å². The van der Waals surface area contributed by atoms with Crippen molar-refractivity contribution in [3.05, 3.63) is 76.0 Å². The van der Waals surface area contributed by atoms with Crippen LogP contribution in [0.2, 0.25) is 0 Å². The Bertz CT molecular complexity index is 833. The van der Waals surface area contributed by atoms with E-state index in [4.69, 9.17) is 0 Å². The van der Waals surface area contributed by atoms with Gasteiger partial charge in [-0.3, -0.25) is 14.9 Å². The number of carbonyl (C=O) groups is 1. The van der Waals surface area contributed by atoms with Crippen LogP contribution in [0, 0.1) is 10.1 Å². The number of allylic oxidation sites excluding steroid dienone is 2. The zero-order valence-electron chi connectivity index (χ0n) is 12.4. The Kier molecular flexibility index (Phi) is 5.06. The van der Waals surface area contributed by atoms with Crippen LogP contribution in [-0.2, 0) is 0 Å². The van der Waals surface area contributed by atoms with Crippen molar-refractivity contribution in [3.63, 3.8) is 0 Å². The fraction of sp³-hybridized carbons (Fsp3) is 0.0625. The number of aromatic hydroxyl groups is 1. The number of nitro groups is 1. The van der Waals surface area contributed by atoms with Crippen LogP contribution in [0.1, 0.15) is 10.4 Å². The van der Waals surface area contributed by atoms with Gasteiger partial charge in [-0.2, -0.15) is 13.2 Å². The number of para-hydroxylation sites is 1. The van der Waals surface area contributed by atoms with Gasteiger partial charge in [0.2, 0.25) is 0 Å². The van der Waals surface area contributed by atoms with Crippen molar-refractivity contribution in [2.75, 3.05) is 5.32 Å². The summed E-state index contributed by atoms with van der Waals surface area (Å²) in [7, 11) is 0. The zero-order chi connectivity index (χ0) is 18.6. The number of non-ortho nitro benzene ring substituents is 1. The number of halogens is 3. The first-order chi connectivity index (χ1) is 11.7. The number of benzene rings is 2. The van der Waals surface area contributed by atoms with Gasteiger partial charge in [0.15, 0.2) is 5.78 Å². The number of phenolic OH excluding ortho intramolecular Hbond substituents is 1. The number of anilines is 1. The Labute approximate surface area is 139 Å². The lowest BCUT2D eigenvalue weighted by Gasteiger charge is -2.14. The molecule has 0 saturated heterocycles. The maximum atomic E-state index is 13.1. The average molecular weight is 352 g/mol. The molecule has 0 saturated carbocycles. The second-order valence-corrected chi connectivity index (χ2v) is 4.87. The smallest absolute Gasteiger partial charge is 0.431 e. The predicted octanol–water partition coefficient (Wildman–Crippen LogP) is 4.04. The van der Waals surface area contributed by atoms with Gasteiger partial charge in [-0.05, 0) is 18.2 Å². The predicted molar refractivity (Wildman–Crippen MR) is 83.3 cm³/mol. The third-order valence-electron chi connectivity index (χ3n) is 3.09. The quantitative estimate of drug-likeness (QED) is 0.367. The molecule has 130 valence electrons. The third kappa shape index (κ3) is 4.56. The van der Waals surface area contributed by atoms with Gasteiger partial charge in [-0.1, -0.05) is 18.2 Å². The van der Waals surface area contributed by atoms with E-state index >= 15 is 0 Å². The molecule has 6 nitrogen and oxygen atoms in total. The van der Waals surface area contributed by atoms with Gasteiger partial charge in [0.05, 0.1) is 10.5 Å². The van der Waals surface area contributed by atoms with Crippen LogP contribution in [-0.4, -0.2) is 22.0 Å². The number of rotatable bonds is 5. The number of nitro benzene ring substituents is 1. The number of ketones is 1. The molecular formula is C16H11F3N2O4. The normalized spacial score (nSPS) is 11.9. The highest BCUT2D eigenvalue weighted by Gasteiger charge is 2.35. The van der Waals surface area contributed by atoms with Gasteiger partial charge in [0, 0.05) is 23.9 Å². The number of carbonyl (C=O) groups excluding carboxylic acids is 1. The van der Waals surface area contributed by atoms with E-state index in [1.165, 1.54) is 24.3 Å². The van der Waals surface area contributed by atoms with Crippen LogP contribution in [0.3, 0.4) is 0 Å². The number of alkyl halides is 3. The summed E-state index contributed by atoms with van der Waals surface area (Å²) in [5, 5.41) is 22.4. The van der Waals surface area contributed by atoms with Crippen LogP contribution in [0.15, 0.2) is 60.3 Å². The van der Waals surface area contributed by atoms with E-state index in [9.17, 15) is 33.2 Å². The van der Waals surface area contributed by atoms with Gasteiger partial charge in [0.25, 0.3) is 5.69 Å². The largest absolute Gasteiger partial charge is 0.507 e. The fourth-order valence-electron chi connectivity index (χ4n) is 1.91. The first-order valence-corrected chi connectivity index (χ1v) is 6.81. The second-order valence-electron chi connectivity index (χ2n) is 4.87. The SMILES string of the molecule is O=C(C=C(Nc1ccccc1)C(F)(F)F)c1cc([N+](=O)[O-])ccc1O. The molecule has 0 spiro atoms. The molecule has 0 fully saturated rings. The highest BCUT2D eigenvalue weighted by molar-refractivity contribution is 6.07. The summed E-state index contributed by atoms with van der Waals surface area (Å²) in [6, 6.07) is 9.87. The maximum Gasteiger partial charge on any atom is 0.431 e. The number of hydrogen-bond donors (Lipinski definition) is 2. The summed E-state index contributed by atoms with van der Waals surface area (Å²) in [5.74, 6) is -1.88. The molecule has 0 heterocycles. The minimum absolute atomic E-state index is 0.0992. The standard InChI is InChI=1S/C16H11F3N2O4/c17-16(18,19)15(20-10-4-2-1-3-5-10)9-14(23)12-8-11(21(24)25)6-7-13(12)22/h1-9,20,22H. The van der Waals surface area contributed by atoms with Crippen molar-refractivity contribution in [2.24, 2.45) is 0 Å². The molecule has 0 unspecified atom stereocenters. The third-order valence-corrected chi connectivity index (χ3v) is 3.09. The Morgan fingerprint density at radius 2 is 1.80 bits per heavy atom. The van der Waals surface area contributed by atoms with E-state index < -0.39 is 39.6 Å². The number of nitrogens with zero attached hydrogens (tertiary/aromatic N) is 1. The number of nitrogens with one attached hydrogen (secondary N) is 1. The topological polar surface area (TPSA) is 92.5 Å². The highest BCUT2D eigenvalue weighted by Crippen LogP contribution is 2.29. The lowest BCUT2D eigenvalue weighted by atomic mass is 10.1. The minimum Gasteiger partial charge on any atom is -0.507 e. The Morgan fingerprint density at radius 3 is 2.36 bits per heavy atom. The van der Waals surface area contributed by atoms with Crippen molar-refractivity contribution in [1.82, 2.24) is 0 Å². The van der Waals surface area contributed by atoms with Gasteiger partial charge < -0.3 is 10.4 Å². The molecule has 0 radical (unpaired) electrons. The number of phenols is 1. The van der Waals surface area contributed by atoms with Crippen molar-refractivity contribution in [2.45, 2.75) is 6.18 Å². The van der Waals surface area contributed by atoms with Crippen LogP contribution in [0.5, 0.6) is 5.75 Å². The Hall–Kier alpha value is -3.36. The Balaban J connectivity index is 2.41. The summed E-state index contributed by atoms with van der Waals surface area (Å²) in [5.41, 5.74) is -2.40. The number of hydrogen-bond acceptors (Lipinski definition) is 5. The molecule has 0 aliphatic carbocycles. The van der Waals surface area contributed by atoms with Crippen molar-refractivity contribution in [3.8, 4) is 5.75 Å². The minimum atomic E-state index is -4.87. The summed E-state index contributed by atoms with van der Waals surface area (Å²) in [6.07, 6.45) is -4.63. The van der Waals surface area contributed by atoms with E-state index in [1.54, 1.807) is 6.07 Å². The summed E-state index contributed by atoms with van der Waals surface area (Å²) < 4.78 is 39.4. The molecule has 2 rings (SSSR count). The monoisotopic (exact) mass is 352 g/mol. The average Bonchev–Trinajstić information content (AvgIpc) is 2.54. The van der Waals surface area contributed by atoms with E-state index in [1.807, 2.05) is 0 Å². The van der Waals surface area contributed by atoms with E-state index in [0.717, 1.165) is 12.1 Å². The molecule has 2 N–H and O–H groups in total. The molecule has 0 aliphatic heterocycles. The molecule has 0 atom stereocenters. The summed E-state index contributed by atoms with van der Waals surface area (Å²) >= 11 is 0. The van der Waals surface area contributed by atoms with Crippen molar-refractivity contribution in [1.29, 1.82) is 0 Å². The molecule has 2 aromatic rings. The molecule has 9 heteroatoms. The molecule has 0 aliphatic rings. The van der Waals surface area contributed by atoms with E-state index in [-0.39, 0.29) is 11.8 Å². The fourth-order valence-corrected chi connectivity index (χ4v) is 1.91. The molecule has 0 aromatic heterocycles. The van der Waals surface area contributed by atoms with Gasteiger partial charge in [-0.15, -0.1) is 0 Å².